The third kappa shape index (κ3) is 3.60. The molecule has 2 amide bonds. The fourth-order valence-corrected chi connectivity index (χ4v) is 2.13. The molecule has 1 atom stereocenters. The second-order valence-electron chi connectivity index (χ2n) is 4.94. The molecule has 102 valence electrons. The second-order valence-corrected chi connectivity index (χ2v) is 4.94. The number of nitrogens with one attached hydrogen (secondary N) is 1. The number of hydrogen-bond donors (Lipinski definition) is 2. The van der Waals surface area contributed by atoms with Gasteiger partial charge in [0.15, 0.2) is 0 Å². The number of rotatable bonds is 6. The van der Waals surface area contributed by atoms with E-state index in [-0.39, 0.29) is 6.03 Å². The molecule has 1 saturated carbocycles. The Morgan fingerprint density at radius 1 is 1.33 bits per heavy atom. The maximum Gasteiger partial charge on any atom is 0.326 e. The van der Waals surface area contributed by atoms with E-state index < -0.39 is 12.0 Å². The van der Waals surface area contributed by atoms with Gasteiger partial charge >= 0.3 is 12.0 Å². The lowest BCUT2D eigenvalue weighted by Crippen LogP contribution is -2.46. The molecule has 0 radical (unpaired) electrons. The fraction of sp³-hybridized carbons (Fsp3) is 0.833. The van der Waals surface area contributed by atoms with Crippen molar-refractivity contribution in [3.63, 3.8) is 0 Å². The van der Waals surface area contributed by atoms with Crippen molar-refractivity contribution in [3.05, 3.63) is 0 Å². The summed E-state index contributed by atoms with van der Waals surface area (Å²) in [7, 11) is 0. The minimum Gasteiger partial charge on any atom is -0.480 e. The van der Waals surface area contributed by atoms with Gasteiger partial charge in [0.2, 0.25) is 0 Å². The summed E-state index contributed by atoms with van der Waals surface area (Å²) in [5.74, 6) is -0.205. The highest BCUT2D eigenvalue weighted by Gasteiger charge is 2.33. The zero-order valence-electron chi connectivity index (χ0n) is 10.4. The van der Waals surface area contributed by atoms with E-state index in [1.807, 2.05) is 0 Å². The largest absolute Gasteiger partial charge is 0.480 e. The zero-order valence-corrected chi connectivity index (χ0v) is 10.4. The number of likely N-dealkylation sites (tertiary alicyclic amines) is 1. The van der Waals surface area contributed by atoms with Crippen molar-refractivity contribution in [3.8, 4) is 0 Å². The molecule has 0 spiro atoms. The Hall–Kier alpha value is -1.30. The predicted molar refractivity (Wildman–Crippen MR) is 64.3 cm³/mol. The summed E-state index contributed by atoms with van der Waals surface area (Å²) in [6.45, 7) is 2.23. The average molecular weight is 256 g/mol. The molecule has 0 aromatic carbocycles. The van der Waals surface area contributed by atoms with Crippen molar-refractivity contribution in [2.24, 2.45) is 5.92 Å². The van der Waals surface area contributed by atoms with Crippen LogP contribution in [0, 0.1) is 5.92 Å². The first-order chi connectivity index (χ1) is 8.68. The molecule has 0 bridgehead atoms. The number of carbonyl (C=O) groups is 2. The maximum absolute atomic E-state index is 11.8. The minimum absolute atomic E-state index is 0.296. The fourth-order valence-electron chi connectivity index (χ4n) is 2.13. The normalized spacial score (nSPS) is 23.1. The number of carbonyl (C=O) groups excluding carboxylic acids is 1. The average Bonchev–Trinajstić information content (AvgIpc) is 3.02. The van der Waals surface area contributed by atoms with E-state index in [0.29, 0.717) is 26.1 Å². The molecule has 0 aromatic heterocycles. The van der Waals surface area contributed by atoms with E-state index in [0.717, 1.165) is 18.9 Å². The lowest BCUT2D eigenvalue weighted by Gasteiger charge is -2.21. The number of ether oxygens (including phenoxy) is 1. The van der Waals surface area contributed by atoms with Crippen molar-refractivity contribution < 1.29 is 19.4 Å². The van der Waals surface area contributed by atoms with Crippen LogP contribution in [0.3, 0.4) is 0 Å². The first kappa shape index (κ1) is 13.1. The number of urea groups is 1. The van der Waals surface area contributed by atoms with Crippen LogP contribution in [-0.2, 0) is 9.53 Å². The Morgan fingerprint density at radius 3 is 2.78 bits per heavy atom. The lowest BCUT2D eigenvalue weighted by molar-refractivity contribution is -0.141. The summed E-state index contributed by atoms with van der Waals surface area (Å²) < 4.78 is 5.40. The van der Waals surface area contributed by atoms with Crippen molar-refractivity contribution >= 4 is 12.0 Å². The molecule has 1 aliphatic heterocycles. The molecule has 0 aromatic rings. The van der Waals surface area contributed by atoms with Crippen molar-refractivity contribution in [2.75, 3.05) is 26.3 Å². The lowest BCUT2D eigenvalue weighted by atomic mass is 10.2. The summed E-state index contributed by atoms with van der Waals surface area (Å²) in [4.78, 5) is 24.1. The molecular weight excluding hydrogens is 236 g/mol. The highest BCUT2D eigenvalue weighted by molar-refractivity contribution is 5.83. The van der Waals surface area contributed by atoms with Gasteiger partial charge in [0.25, 0.3) is 0 Å². The van der Waals surface area contributed by atoms with Crippen LogP contribution in [0.1, 0.15) is 25.7 Å². The summed E-state index contributed by atoms with van der Waals surface area (Å²) in [5, 5.41) is 11.7. The Balaban J connectivity index is 1.62. The quantitative estimate of drug-likeness (QED) is 0.685. The molecule has 2 aliphatic rings. The molecule has 2 N–H and O–H groups in total. The number of carboxylic acid groups (broad SMARTS) is 1. The minimum atomic E-state index is -0.923. The van der Waals surface area contributed by atoms with Crippen LogP contribution in [-0.4, -0.2) is 54.4 Å². The van der Waals surface area contributed by atoms with Gasteiger partial charge in [-0.05, 0) is 31.6 Å². The van der Waals surface area contributed by atoms with Gasteiger partial charge in [-0.1, -0.05) is 0 Å². The standard InChI is InChI=1S/C12H20N2O4/c15-11(16)10-2-1-6-14(10)12(17)13-5-7-18-8-9-3-4-9/h9-10H,1-8H2,(H,13,17)(H,15,16)/t10-/m1/s1. The SMILES string of the molecule is O=C(O)[C@H]1CCCN1C(=O)NCCOCC1CC1. The molecule has 2 rings (SSSR count). The molecular formula is C12H20N2O4. The van der Waals surface area contributed by atoms with E-state index in [4.69, 9.17) is 9.84 Å². The summed E-state index contributed by atoms with van der Waals surface area (Å²) in [6, 6.07) is -0.965. The van der Waals surface area contributed by atoms with Gasteiger partial charge in [-0.3, -0.25) is 0 Å². The molecule has 2 fully saturated rings. The van der Waals surface area contributed by atoms with E-state index >= 15 is 0 Å². The third-order valence-electron chi connectivity index (χ3n) is 3.37. The van der Waals surface area contributed by atoms with Gasteiger partial charge in [0.05, 0.1) is 6.61 Å². The van der Waals surface area contributed by atoms with E-state index in [9.17, 15) is 9.59 Å². The van der Waals surface area contributed by atoms with Crippen molar-refractivity contribution in [2.45, 2.75) is 31.7 Å². The van der Waals surface area contributed by atoms with Gasteiger partial charge in [-0.2, -0.15) is 0 Å². The predicted octanol–water partition coefficient (Wildman–Crippen LogP) is 0.672. The van der Waals surface area contributed by atoms with Crippen LogP contribution in [0.4, 0.5) is 4.79 Å². The Kier molecular flexibility index (Phi) is 4.41. The highest BCUT2D eigenvalue weighted by atomic mass is 16.5. The van der Waals surface area contributed by atoms with Gasteiger partial charge in [0.1, 0.15) is 6.04 Å². The molecule has 0 unspecified atom stereocenters. The van der Waals surface area contributed by atoms with Crippen LogP contribution >= 0.6 is 0 Å². The van der Waals surface area contributed by atoms with E-state index in [1.54, 1.807) is 0 Å². The zero-order chi connectivity index (χ0) is 13.0. The molecule has 18 heavy (non-hydrogen) atoms. The number of aliphatic carboxylic acids is 1. The number of hydrogen-bond acceptors (Lipinski definition) is 3. The molecule has 6 heteroatoms. The number of carboxylic acids is 1. The highest BCUT2D eigenvalue weighted by Crippen LogP contribution is 2.28. The molecule has 1 heterocycles. The number of amides is 2. The second kappa shape index (κ2) is 6.04. The summed E-state index contributed by atoms with van der Waals surface area (Å²) in [5.41, 5.74) is 0. The topological polar surface area (TPSA) is 78.9 Å². The molecule has 1 aliphatic carbocycles. The third-order valence-corrected chi connectivity index (χ3v) is 3.37. The Labute approximate surface area is 106 Å². The molecule has 1 saturated heterocycles. The van der Waals surface area contributed by atoms with Crippen molar-refractivity contribution in [1.82, 2.24) is 10.2 Å². The first-order valence-corrected chi connectivity index (χ1v) is 6.53. The summed E-state index contributed by atoms with van der Waals surface area (Å²) in [6.07, 6.45) is 3.80. The van der Waals surface area contributed by atoms with E-state index in [2.05, 4.69) is 5.32 Å². The van der Waals surface area contributed by atoms with Gasteiger partial charge in [-0.15, -0.1) is 0 Å². The Morgan fingerprint density at radius 2 is 2.11 bits per heavy atom. The monoisotopic (exact) mass is 256 g/mol. The van der Waals surface area contributed by atoms with Crippen molar-refractivity contribution in [1.29, 1.82) is 0 Å². The van der Waals surface area contributed by atoms with Gasteiger partial charge in [-0.25, -0.2) is 9.59 Å². The van der Waals surface area contributed by atoms with Crippen LogP contribution in [0.2, 0.25) is 0 Å². The van der Waals surface area contributed by atoms with Gasteiger partial charge < -0.3 is 20.1 Å². The van der Waals surface area contributed by atoms with Crippen LogP contribution in [0.25, 0.3) is 0 Å². The van der Waals surface area contributed by atoms with Crippen LogP contribution in [0.15, 0.2) is 0 Å². The Bertz CT molecular complexity index is 317. The van der Waals surface area contributed by atoms with Crippen LogP contribution < -0.4 is 5.32 Å². The van der Waals surface area contributed by atoms with Crippen LogP contribution in [0.5, 0.6) is 0 Å². The smallest absolute Gasteiger partial charge is 0.326 e. The molecule has 6 nitrogen and oxygen atoms in total. The summed E-state index contributed by atoms with van der Waals surface area (Å²) >= 11 is 0. The van der Waals surface area contributed by atoms with E-state index in [1.165, 1.54) is 17.7 Å². The first-order valence-electron chi connectivity index (χ1n) is 6.53. The van der Waals surface area contributed by atoms with Gasteiger partial charge in [0, 0.05) is 19.7 Å². The number of nitrogens with zero attached hydrogens (tertiary/aromatic N) is 1. The maximum atomic E-state index is 11.8.